The monoisotopic (exact) mass is 234 g/mol. The molecule has 90 valence electrons. The second-order valence-corrected chi connectivity index (χ2v) is 3.79. The SMILES string of the molecule is CCC(O)C(C)c1nc(-c2ncccn2)no1. The Morgan fingerprint density at radius 3 is 2.65 bits per heavy atom. The maximum atomic E-state index is 9.70. The van der Waals surface area contributed by atoms with Crippen LogP contribution in [0.25, 0.3) is 11.6 Å². The van der Waals surface area contributed by atoms with E-state index in [4.69, 9.17) is 4.52 Å². The number of hydrogen-bond acceptors (Lipinski definition) is 6. The highest BCUT2D eigenvalue weighted by atomic mass is 16.5. The fourth-order valence-corrected chi connectivity index (χ4v) is 1.44. The van der Waals surface area contributed by atoms with Crippen LogP contribution in [0.15, 0.2) is 23.0 Å². The van der Waals surface area contributed by atoms with Gasteiger partial charge in [0.05, 0.1) is 12.0 Å². The first-order valence-electron chi connectivity index (χ1n) is 5.51. The van der Waals surface area contributed by atoms with Gasteiger partial charge in [-0.2, -0.15) is 4.98 Å². The smallest absolute Gasteiger partial charge is 0.240 e. The summed E-state index contributed by atoms with van der Waals surface area (Å²) in [5, 5.41) is 13.5. The number of nitrogens with zero attached hydrogens (tertiary/aromatic N) is 4. The number of hydrogen-bond donors (Lipinski definition) is 1. The zero-order chi connectivity index (χ0) is 12.3. The third kappa shape index (κ3) is 2.47. The van der Waals surface area contributed by atoms with Crippen LogP contribution < -0.4 is 0 Å². The lowest BCUT2D eigenvalue weighted by Gasteiger charge is -2.11. The molecule has 2 aromatic heterocycles. The van der Waals surface area contributed by atoms with E-state index in [2.05, 4.69) is 20.1 Å². The Hall–Kier alpha value is -1.82. The molecule has 2 aromatic rings. The highest BCUT2D eigenvalue weighted by molar-refractivity contribution is 5.40. The van der Waals surface area contributed by atoms with Crippen LogP contribution >= 0.6 is 0 Å². The Bertz CT molecular complexity index is 471. The van der Waals surface area contributed by atoms with Crippen molar-refractivity contribution in [3.05, 3.63) is 24.4 Å². The van der Waals surface area contributed by atoms with E-state index < -0.39 is 6.10 Å². The molecule has 0 radical (unpaired) electrons. The Morgan fingerprint density at radius 2 is 2.00 bits per heavy atom. The number of aliphatic hydroxyl groups is 1. The molecule has 0 fully saturated rings. The van der Waals surface area contributed by atoms with E-state index in [1.807, 2.05) is 13.8 Å². The molecule has 6 heteroatoms. The molecule has 0 aromatic carbocycles. The molecule has 2 unspecified atom stereocenters. The highest BCUT2D eigenvalue weighted by Gasteiger charge is 2.21. The zero-order valence-corrected chi connectivity index (χ0v) is 9.74. The standard InChI is InChI=1S/C11H14N4O2/c1-3-8(16)7(2)11-14-10(15-17-11)9-12-5-4-6-13-9/h4-8,16H,3H2,1-2H3. The first-order chi connectivity index (χ1) is 8.22. The minimum Gasteiger partial charge on any atom is -0.392 e. The third-order valence-electron chi connectivity index (χ3n) is 2.59. The molecular formula is C11H14N4O2. The average Bonchev–Trinajstić information content (AvgIpc) is 2.87. The van der Waals surface area contributed by atoms with Gasteiger partial charge in [0.25, 0.3) is 0 Å². The van der Waals surface area contributed by atoms with E-state index >= 15 is 0 Å². The van der Waals surface area contributed by atoms with Crippen molar-refractivity contribution in [2.75, 3.05) is 0 Å². The summed E-state index contributed by atoms with van der Waals surface area (Å²) in [6.07, 6.45) is 3.38. The molecule has 0 spiro atoms. The predicted molar refractivity (Wildman–Crippen MR) is 60.0 cm³/mol. The van der Waals surface area contributed by atoms with Gasteiger partial charge >= 0.3 is 0 Å². The van der Waals surface area contributed by atoms with Crippen LogP contribution in [0.5, 0.6) is 0 Å². The minimum atomic E-state index is -0.486. The van der Waals surface area contributed by atoms with Crippen molar-refractivity contribution in [1.82, 2.24) is 20.1 Å². The van der Waals surface area contributed by atoms with E-state index in [1.165, 1.54) is 0 Å². The second kappa shape index (κ2) is 5.01. The average molecular weight is 234 g/mol. The summed E-state index contributed by atoms with van der Waals surface area (Å²) in [6, 6.07) is 1.72. The molecule has 0 aliphatic carbocycles. The summed E-state index contributed by atoms with van der Waals surface area (Å²) in [5.41, 5.74) is 0. The van der Waals surface area contributed by atoms with Gasteiger partial charge in [-0.05, 0) is 12.5 Å². The third-order valence-corrected chi connectivity index (χ3v) is 2.59. The zero-order valence-electron chi connectivity index (χ0n) is 9.74. The number of aromatic nitrogens is 4. The van der Waals surface area contributed by atoms with Crippen LogP contribution in [0.2, 0.25) is 0 Å². The maximum Gasteiger partial charge on any atom is 0.240 e. The Morgan fingerprint density at radius 1 is 1.29 bits per heavy atom. The van der Waals surface area contributed by atoms with Crippen LogP contribution in [0.1, 0.15) is 32.1 Å². The van der Waals surface area contributed by atoms with Gasteiger partial charge in [-0.3, -0.25) is 0 Å². The molecule has 0 saturated heterocycles. The van der Waals surface area contributed by atoms with Crippen molar-refractivity contribution >= 4 is 0 Å². The lowest BCUT2D eigenvalue weighted by Crippen LogP contribution is -2.14. The molecule has 0 amide bonds. The first kappa shape index (κ1) is 11.7. The van der Waals surface area contributed by atoms with Crippen molar-refractivity contribution in [2.24, 2.45) is 0 Å². The van der Waals surface area contributed by atoms with Crippen molar-refractivity contribution in [2.45, 2.75) is 32.3 Å². The van der Waals surface area contributed by atoms with Crippen LogP contribution in [0.4, 0.5) is 0 Å². The molecule has 0 bridgehead atoms. The first-order valence-corrected chi connectivity index (χ1v) is 5.51. The van der Waals surface area contributed by atoms with Crippen molar-refractivity contribution in [1.29, 1.82) is 0 Å². The number of aliphatic hydroxyl groups excluding tert-OH is 1. The van der Waals surface area contributed by atoms with E-state index in [9.17, 15) is 5.11 Å². The Labute approximate surface area is 98.7 Å². The van der Waals surface area contributed by atoms with Crippen LogP contribution in [-0.4, -0.2) is 31.3 Å². The van der Waals surface area contributed by atoms with Crippen molar-refractivity contribution < 1.29 is 9.63 Å². The van der Waals surface area contributed by atoms with Gasteiger partial charge in [0.1, 0.15) is 0 Å². The molecule has 2 heterocycles. The molecule has 2 rings (SSSR count). The fourth-order valence-electron chi connectivity index (χ4n) is 1.44. The van der Waals surface area contributed by atoms with E-state index in [1.54, 1.807) is 18.5 Å². The predicted octanol–water partition coefficient (Wildman–Crippen LogP) is 1.40. The van der Waals surface area contributed by atoms with Crippen LogP contribution in [0, 0.1) is 0 Å². The number of rotatable bonds is 4. The van der Waals surface area contributed by atoms with Gasteiger partial charge in [0.15, 0.2) is 0 Å². The Balaban J connectivity index is 2.22. The molecule has 0 aliphatic rings. The summed E-state index contributed by atoms with van der Waals surface area (Å²) in [7, 11) is 0. The molecule has 0 aliphatic heterocycles. The highest BCUT2D eigenvalue weighted by Crippen LogP contribution is 2.21. The summed E-state index contributed by atoms with van der Waals surface area (Å²) >= 11 is 0. The summed E-state index contributed by atoms with van der Waals surface area (Å²) in [4.78, 5) is 12.2. The minimum absolute atomic E-state index is 0.190. The summed E-state index contributed by atoms with van der Waals surface area (Å²) in [5.74, 6) is 0.975. The lowest BCUT2D eigenvalue weighted by molar-refractivity contribution is 0.129. The van der Waals surface area contributed by atoms with Gasteiger partial charge < -0.3 is 9.63 Å². The second-order valence-electron chi connectivity index (χ2n) is 3.79. The molecule has 6 nitrogen and oxygen atoms in total. The molecule has 2 atom stereocenters. The normalized spacial score (nSPS) is 14.5. The molecule has 0 saturated carbocycles. The van der Waals surface area contributed by atoms with Gasteiger partial charge in [0, 0.05) is 12.4 Å². The largest absolute Gasteiger partial charge is 0.392 e. The van der Waals surface area contributed by atoms with E-state index in [0.29, 0.717) is 24.0 Å². The molecule has 1 N–H and O–H groups in total. The van der Waals surface area contributed by atoms with Gasteiger partial charge in [-0.15, -0.1) is 0 Å². The molecular weight excluding hydrogens is 220 g/mol. The van der Waals surface area contributed by atoms with Gasteiger partial charge in [-0.25, -0.2) is 9.97 Å². The van der Waals surface area contributed by atoms with Crippen molar-refractivity contribution in [3.8, 4) is 11.6 Å². The topological polar surface area (TPSA) is 84.9 Å². The molecule has 17 heavy (non-hydrogen) atoms. The quantitative estimate of drug-likeness (QED) is 0.860. The van der Waals surface area contributed by atoms with E-state index in [0.717, 1.165) is 0 Å². The van der Waals surface area contributed by atoms with Crippen LogP contribution in [0.3, 0.4) is 0 Å². The van der Waals surface area contributed by atoms with E-state index in [-0.39, 0.29) is 5.92 Å². The maximum absolute atomic E-state index is 9.70. The summed E-state index contributed by atoms with van der Waals surface area (Å²) in [6.45, 7) is 3.75. The van der Waals surface area contributed by atoms with Gasteiger partial charge in [0.2, 0.25) is 17.5 Å². The summed E-state index contributed by atoms with van der Waals surface area (Å²) < 4.78 is 5.10. The fraction of sp³-hybridized carbons (Fsp3) is 0.455. The lowest BCUT2D eigenvalue weighted by atomic mass is 10.0. The van der Waals surface area contributed by atoms with Crippen LogP contribution in [-0.2, 0) is 0 Å². The van der Waals surface area contributed by atoms with Crippen molar-refractivity contribution in [3.63, 3.8) is 0 Å². The van der Waals surface area contributed by atoms with Gasteiger partial charge in [-0.1, -0.05) is 19.0 Å². The Kier molecular flexibility index (Phi) is 3.43.